The molecule has 2 unspecified atom stereocenters. The summed E-state index contributed by atoms with van der Waals surface area (Å²) in [5, 5.41) is 6.36. The molecule has 2 atom stereocenters. The first-order valence-electron chi connectivity index (χ1n) is 8.84. The lowest BCUT2D eigenvalue weighted by Crippen LogP contribution is -2.49. The van der Waals surface area contributed by atoms with Gasteiger partial charge in [0.15, 0.2) is 0 Å². The summed E-state index contributed by atoms with van der Waals surface area (Å²) in [4.78, 5) is 12.4. The van der Waals surface area contributed by atoms with Gasteiger partial charge in [-0.15, -0.1) is 12.4 Å². The molecule has 5 heteroatoms. The van der Waals surface area contributed by atoms with Crippen molar-refractivity contribution < 1.29 is 9.53 Å². The van der Waals surface area contributed by atoms with Crippen molar-refractivity contribution >= 4 is 18.3 Å². The highest BCUT2D eigenvalue weighted by atomic mass is 35.5. The minimum absolute atomic E-state index is 0. The van der Waals surface area contributed by atoms with Gasteiger partial charge in [0, 0.05) is 11.5 Å². The van der Waals surface area contributed by atoms with E-state index in [1.54, 1.807) is 7.11 Å². The predicted molar refractivity (Wildman–Crippen MR) is 108 cm³/mol. The van der Waals surface area contributed by atoms with Crippen LogP contribution in [-0.4, -0.2) is 26.1 Å². The van der Waals surface area contributed by atoms with Crippen molar-refractivity contribution in [2.45, 2.75) is 19.9 Å². The molecule has 1 amide bonds. The van der Waals surface area contributed by atoms with E-state index in [0.717, 1.165) is 35.5 Å². The number of carbonyl (C=O) groups excluding carboxylic acids is 1. The molecule has 2 aromatic rings. The Bertz CT molecular complexity index is 729. The SMILES string of the molecule is COc1ccccc1-c1ccc(C(C)NC(=O)C(C)C2CNC2)cc1.Cl. The highest BCUT2D eigenvalue weighted by Gasteiger charge is 2.29. The fraction of sp³-hybridized carbons (Fsp3) is 0.381. The predicted octanol–water partition coefficient (Wildman–Crippen LogP) is 3.82. The van der Waals surface area contributed by atoms with Crippen LogP contribution in [0.2, 0.25) is 0 Å². The maximum atomic E-state index is 12.4. The summed E-state index contributed by atoms with van der Waals surface area (Å²) in [5.74, 6) is 1.50. The van der Waals surface area contributed by atoms with Crippen LogP contribution in [0, 0.1) is 11.8 Å². The summed E-state index contributed by atoms with van der Waals surface area (Å²) in [6.45, 7) is 5.92. The van der Waals surface area contributed by atoms with Crippen LogP contribution in [0.15, 0.2) is 48.5 Å². The molecule has 1 aliphatic heterocycles. The summed E-state index contributed by atoms with van der Waals surface area (Å²) < 4.78 is 5.43. The van der Waals surface area contributed by atoms with Gasteiger partial charge in [-0.1, -0.05) is 49.4 Å². The molecule has 0 spiro atoms. The first kappa shape index (κ1) is 20.3. The van der Waals surface area contributed by atoms with E-state index in [-0.39, 0.29) is 30.3 Å². The van der Waals surface area contributed by atoms with Gasteiger partial charge in [-0.25, -0.2) is 0 Å². The summed E-state index contributed by atoms with van der Waals surface area (Å²) in [5.41, 5.74) is 3.28. The average Bonchev–Trinajstić information content (AvgIpc) is 2.60. The fourth-order valence-electron chi connectivity index (χ4n) is 3.14. The molecule has 2 N–H and O–H groups in total. The van der Waals surface area contributed by atoms with Crippen molar-refractivity contribution in [2.75, 3.05) is 20.2 Å². The van der Waals surface area contributed by atoms with Gasteiger partial charge in [-0.05, 0) is 43.1 Å². The van der Waals surface area contributed by atoms with Crippen LogP contribution in [0.3, 0.4) is 0 Å². The molecule has 0 aliphatic carbocycles. The average molecular weight is 375 g/mol. The quantitative estimate of drug-likeness (QED) is 0.808. The lowest BCUT2D eigenvalue weighted by atomic mass is 9.88. The molecule has 26 heavy (non-hydrogen) atoms. The summed E-state index contributed by atoms with van der Waals surface area (Å²) in [7, 11) is 1.68. The van der Waals surface area contributed by atoms with Crippen LogP contribution >= 0.6 is 12.4 Å². The molecule has 3 rings (SSSR count). The number of hydrogen-bond acceptors (Lipinski definition) is 3. The van der Waals surface area contributed by atoms with E-state index in [9.17, 15) is 4.79 Å². The molecular formula is C21H27ClN2O2. The summed E-state index contributed by atoms with van der Waals surface area (Å²) in [6.07, 6.45) is 0. The molecule has 0 bridgehead atoms. The third-order valence-corrected chi connectivity index (χ3v) is 5.12. The van der Waals surface area contributed by atoms with Crippen molar-refractivity contribution in [1.29, 1.82) is 0 Å². The van der Waals surface area contributed by atoms with Gasteiger partial charge in [-0.3, -0.25) is 4.79 Å². The normalized spacial score (nSPS) is 16.0. The van der Waals surface area contributed by atoms with E-state index in [4.69, 9.17) is 4.74 Å². The molecule has 1 heterocycles. The number of halogens is 1. The topological polar surface area (TPSA) is 50.4 Å². The van der Waals surface area contributed by atoms with Crippen molar-refractivity contribution in [3.8, 4) is 16.9 Å². The number of ether oxygens (including phenoxy) is 1. The third kappa shape index (κ3) is 4.37. The van der Waals surface area contributed by atoms with Crippen LogP contribution in [0.5, 0.6) is 5.75 Å². The molecule has 0 aromatic heterocycles. The smallest absolute Gasteiger partial charge is 0.223 e. The van der Waals surface area contributed by atoms with Gasteiger partial charge in [0.1, 0.15) is 5.75 Å². The van der Waals surface area contributed by atoms with E-state index in [0.29, 0.717) is 5.92 Å². The highest BCUT2D eigenvalue weighted by molar-refractivity contribution is 5.85. The first-order chi connectivity index (χ1) is 12.1. The second-order valence-electron chi connectivity index (χ2n) is 6.76. The van der Waals surface area contributed by atoms with Crippen LogP contribution in [0.1, 0.15) is 25.5 Å². The van der Waals surface area contributed by atoms with E-state index >= 15 is 0 Å². The summed E-state index contributed by atoms with van der Waals surface area (Å²) >= 11 is 0. The van der Waals surface area contributed by atoms with E-state index in [1.807, 2.05) is 38.1 Å². The van der Waals surface area contributed by atoms with Crippen molar-refractivity contribution in [3.63, 3.8) is 0 Å². The molecule has 0 saturated carbocycles. The van der Waals surface area contributed by atoms with Crippen molar-refractivity contribution in [3.05, 3.63) is 54.1 Å². The largest absolute Gasteiger partial charge is 0.496 e. The number of methoxy groups -OCH3 is 1. The van der Waals surface area contributed by atoms with Crippen LogP contribution in [0.25, 0.3) is 11.1 Å². The fourth-order valence-corrected chi connectivity index (χ4v) is 3.14. The van der Waals surface area contributed by atoms with Gasteiger partial charge in [-0.2, -0.15) is 0 Å². The number of benzene rings is 2. The number of amides is 1. The first-order valence-corrected chi connectivity index (χ1v) is 8.84. The lowest BCUT2D eigenvalue weighted by molar-refractivity contribution is -0.127. The molecule has 1 fully saturated rings. The standard InChI is InChI=1S/C21H26N2O2.ClH/c1-14(18-12-22-13-18)21(24)23-15(2)16-8-10-17(11-9-16)19-6-4-5-7-20(19)25-3;/h4-11,14-15,18,22H,12-13H2,1-3H3,(H,23,24);1H. The Balaban J connectivity index is 0.00000243. The molecular weight excluding hydrogens is 348 g/mol. The zero-order chi connectivity index (χ0) is 17.8. The van der Waals surface area contributed by atoms with Crippen LogP contribution in [0.4, 0.5) is 0 Å². The Morgan fingerprint density at radius 1 is 1.12 bits per heavy atom. The van der Waals surface area contributed by atoms with E-state index < -0.39 is 0 Å². The molecule has 2 aromatic carbocycles. The Kier molecular flexibility index (Phi) is 7.06. The van der Waals surface area contributed by atoms with E-state index in [2.05, 4.69) is 34.9 Å². The van der Waals surface area contributed by atoms with Crippen molar-refractivity contribution in [1.82, 2.24) is 10.6 Å². The Hall–Kier alpha value is -2.04. The van der Waals surface area contributed by atoms with Gasteiger partial charge in [0.2, 0.25) is 5.91 Å². The minimum Gasteiger partial charge on any atom is -0.496 e. The zero-order valence-electron chi connectivity index (χ0n) is 15.5. The second kappa shape index (κ2) is 9.06. The monoisotopic (exact) mass is 374 g/mol. The molecule has 1 aliphatic rings. The Morgan fingerprint density at radius 3 is 2.35 bits per heavy atom. The summed E-state index contributed by atoms with van der Waals surface area (Å²) in [6, 6.07) is 16.3. The maximum Gasteiger partial charge on any atom is 0.223 e. The lowest BCUT2D eigenvalue weighted by Gasteiger charge is -2.32. The van der Waals surface area contributed by atoms with Gasteiger partial charge >= 0.3 is 0 Å². The zero-order valence-corrected chi connectivity index (χ0v) is 16.3. The molecule has 0 radical (unpaired) electrons. The minimum atomic E-state index is -0.00490. The van der Waals surface area contributed by atoms with Crippen LogP contribution < -0.4 is 15.4 Å². The Morgan fingerprint density at radius 2 is 1.77 bits per heavy atom. The number of rotatable bonds is 6. The molecule has 1 saturated heterocycles. The third-order valence-electron chi connectivity index (χ3n) is 5.12. The maximum absolute atomic E-state index is 12.4. The number of para-hydroxylation sites is 1. The molecule has 140 valence electrons. The Labute approximate surface area is 161 Å². The van der Waals surface area contributed by atoms with E-state index in [1.165, 1.54) is 0 Å². The van der Waals surface area contributed by atoms with Crippen molar-refractivity contribution in [2.24, 2.45) is 11.8 Å². The van der Waals surface area contributed by atoms with Gasteiger partial charge in [0.05, 0.1) is 13.2 Å². The number of hydrogen-bond donors (Lipinski definition) is 2. The number of nitrogens with one attached hydrogen (secondary N) is 2. The van der Waals surface area contributed by atoms with Gasteiger partial charge in [0.25, 0.3) is 0 Å². The van der Waals surface area contributed by atoms with Gasteiger partial charge < -0.3 is 15.4 Å². The van der Waals surface area contributed by atoms with Crippen LogP contribution in [-0.2, 0) is 4.79 Å². The number of carbonyl (C=O) groups is 1. The second-order valence-corrected chi connectivity index (χ2v) is 6.76. The molecule has 4 nitrogen and oxygen atoms in total. The highest BCUT2D eigenvalue weighted by Crippen LogP contribution is 2.30.